The van der Waals surface area contributed by atoms with Crippen molar-refractivity contribution in [3.8, 4) is 17.2 Å². The summed E-state index contributed by atoms with van der Waals surface area (Å²) in [5.74, 6) is 1.76. The Balaban J connectivity index is 0.973. The summed E-state index contributed by atoms with van der Waals surface area (Å²) in [5.41, 5.74) is 13.0. The highest BCUT2D eigenvalue weighted by atomic mass is 16.5. The summed E-state index contributed by atoms with van der Waals surface area (Å²) in [4.78, 5) is 4.91. The fourth-order valence-electron chi connectivity index (χ4n) is 9.69. The topological polar surface area (TPSA) is 25.6 Å². The SMILES string of the molecule is C1=CCCC(N(c2ccc(-n3c4ccccc4c4ccccc43)cc2)c2ccc3c4ccccc4n(C4=CC=CC(N5c6ccccc6Oc6ccccc65)C4)c3c2)=C1. The van der Waals surface area contributed by atoms with E-state index in [-0.39, 0.29) is 6.04 Å². The highest BCUT2D eigenvalue weighted by Gasteiger charge is 2.31. The average molecular weight is 761 g/mol. The van der Waals surface area contributed by atoms with Crippen molar-refractivity contribution in [2.75, 3.05) is 9.80 Å². The molecule has 5 heteroatoms. The van der Waals surface area contributed by atoms with Crippen molar-refractivity contribution >= 4 is 72.1 Å². The molecule has 5 nitrogen and oxygen atoms in total. The van der Waals surface area contributed by atoms with Crippen molar-refractivity contribution in [2.24, 2.45) is 0 Å². The van der Waals surface area contributed by atoms with E-state index in [1.807, 2.05) is 12.1 Å². The van der Waals surface area contributed by atoms with Crippen molar-refractivity contribution in [1.82, 2.24) is 9.13 Å². The van der Waals surface area contributed by atoms with Gasteiger partial charge in [0.05, 0.1) is 39.5 Å². The Morgan fingerprint density at radius 2 is 1.08 bits per heavy atom. The van der Waals surface area contributed by atoms with Gasteiger partial charge in [-0.05, 0) is 104 Å². The third kappa shape index (κ3) is 5.39. The number of ether oxygens (including phenoxy) is 1. The van der Waals surface area contributed by atoms with Crippen LogP contribution in [0.15, 0.2) is 206 Å². The van der Waals surface area contributed by atoms with Crippen molar-refractivity contribution in [2.45, 2.75) is 25.3 Å². The smallest absolute Gasteiger partial charge is 0.151 e. The van der Waals surface area contributed by atoms with Gasteiger partial charge < -0.3 is 23.7 Å². The van der Waals surface area contributed by atoms with E-state index >= 15 is 0 Å². The number of hydrogen-bond donors (Lipinski definition) is 0. The summed E-state index contributed by atoms with van der Waals surface area (Å²) < 4.78 is 11.3. The zero-order valence-corrected chi connectivity index (χ0v) is 32.4. The Kier molecular flexibility index (Phi) is 7.73. The number of aromatic nitrogens is 2. The maximum absolute atomic E-state index is 6.39. The summed E-state index contributed by atoms with van der Waals surface area (Å²) in [6.07, 6.45) is 16.4. The molecule has 0 bridgehead atoms. The number of rotatable bonds is 6. The number of nitrogens with zero attached hydrogens (tertiary/aromatic N) is 4. The van der Waals surface area contributed by atoms with Crippen LogP contribution in [0.4, 0.5) is 22.7 Å². The standard InChI is InChI=1S/C54H40N4O/c1-2-15-37(16-3-1)55(38-29-31-39(32-30-38)56-47-22-7-4-19-43(47)44-20-5-8-23-48(44)56)42-33-34-46-45-21-6-9-24-49(45)57(52(46)36-42)40-17-14-18-41(35-40)58-50-25-10-12-27-53(50)59-54-28-13-11-26-51(54)58/h1-2,4-15,17-34,36,41H,3,16,35H2. The lowest BCUT2D eigenvalue weighted by atomic mass is 10.0. The zero-order valence-electron chi connectivity index (χ0n) is 32.4. The maximum Gasteiger partial charge on any atom is 0.151 e. The Hall–Kier alpha value is -7.50. The minimum atomic E-state index is 0.0873. The van der Waals surface area contributed by atoms with Crippen LogP contribution in [-0.4, -0.2) is 15.2 Å². The summed E-state index contributed by atoms with van der Waals surface area (Å²) in [7, 11) is 0. The number of fused-ring (bicyclic) bond motifs is 8. The lowest BCUT2D eigenvalue weighted by Crippen LogP contribution is -2.33. The fraction of sp³-hybridized carbons (Fsp3) is 0.0741. The molecule has 0 saturated heterocycles. The summed E-state index contributed by atoms with van der Waals surface area (Å²) >= 11 is 0. The Morgan fingerprint density at radius 3 is 1.73 bits per heavy atom. The quantitative estimate of drug-likeness (QED) is 0.169. The van der Waals surface area contributed by atoms with Gasteiger partial charge in [-0.2, -0.15) is 0 Å². The molecule has 282 valence electrons. The molecular weight excluding hydrogens is 721 g/mol. The van der Waals surface area contributed by atoms with Crippen LogP contribution in [-0.2, 0) is 0 Å². The Labute approximate surface area is 342 Å². The molecule has 9 aromatic rings. The molecule has 1 aliphatic heterocycles. The molecule has 2 aromatic heterocycles. The predicted molar refractivity (Wildman–Crippen MR) is 246 cm³/mol. The van der Waals surface area contributed by atoms with Crippen molar-refractivity contribution in [1.29, 1.82) is 0 Å². The molecule has 0 amide bonds. The van der Waals surface area contributed by atoms with E-state index in [9.17, 15) is 0 Å². The zero-order chi connectivity index (χ0) is 38.9. The van der Waals surface area contributed by atoms with E-state index in [2.05, 4.69) is 207 Å². The van der Waals surface area contributed by atoms with E-state index in [0.717, 1.165) is 59.2 Å². The Morgan fingerprint density at radius 1 is 0.508 bits per heavy atom. The molecule has 0 radical (unpaired) electrons. The predicted octanol–water partition coefficient (Wildman–Crippen LogP) is 14.4. The largest absolute Gasteiger partial charge is 0.453 e. The van der Waals surface area contributed by atoms with Gasteiger partial charge in [-0.3, -0.25) is 0 Å². The van der Waals surface area contributed by atoms with Crippen LogP contribution >= 0.6 is 0 Å². The minimum absolute atomic E-state index is 0.0873. The number of para-hydroxylation sites is 7. The molecular formula is C54H40N4O. The average Bonchev–Trinajstić information content (AvgIpc) is 3.82. The van der Waals surface area contributed by atoms with Crippen LogP contribution in [0.5, 0.6) is 11.5 Å². The molecule has 3 aliphatic rings. The van der Waals surface area contributed by atoms with Gasteiger partial charge in [0.2, 0.25) is 0 Å². The van der Waals surface area contributed by atoms with E-state index < -0.39 is 0 Å². The van der Waals surface area contributed by atoms with Gasteiger partial charge in [0.15, 0.2) is 11.5 Å². The van der Waals surface area contributed by atoms with Gasteiger partial charge in [-0.25, -0.2) is 0 Å². The van der Waals surface area contributed by atoms with Crippen LogP contribution in [0.1, 0.15) is 19.3 Å². The van der Waals surface area contributed by atoms with E-state index in [4.69, 9.17) is 4.74 Å². The first kappa shape index (κ1) is 33.6. The van der Waals surface area contributed by atoms with Crippen LogP contribution in [0, 0.1) is 0 Å². The van der Waals surface area contributed by atoms with E-state index in [1.54, 1.807) is 0 Å². The third-order valence-electron chi connectivity index (χ3n) is 12.3. The molecule has 2 aliphatic carbocycles. The first-order valence-corrected chi connectivity index (χ1v) is 20.6. The van der Waals surface area contributed by atoms with Gasteiger partial charge >= 0.3 is 0 Å². The molecule has 12 rings (SSSR count). The van der Waals surface area contributed by atoms with Crippen molar-refractivity contribution in [3.05, 3.63) is 206 Å². The first-order chi connectivity index (χ1) is 29.3. The summed E-state index contributed by atoms with van der Waals surface area (Å²) in [6, 6.07) is 59.3. The van der Waals surface area contributed by atoms with Crippen molar-refractivity contribution in [3.63, 3.8) is 0 Å². The maximum atomic E-state index is 6.39. The number of anilines is 4. The van der Waals surface area contributed by atoms with Gasteiger partial charge in [0.25, 0.3) is 0 Å². The first-order valence-electron chi connectivity index (χ1n) is 20.6. The van der Waals surface area contributed by atoms with Crippen LogP contribution in [0.2, 0.25) is 0 Å². The van der Waals surface area contributed by atoms with E-state index in [0.29, 0.717) is 0 Å². The number of allylic oxidation sites excluding steroid dienone is 6. The highest BCUT2D eigenvalue weighted by molar-refractivity contribution is 6.11. The molecule has 59 heavy (non-hydrogen) atoms. The van der Waals surface area contributed by atoms with Gasteiger partial charge in [-0.15, -0.1) is 0 Å². The van der Waals surface area contributed by atoms with Crippen molar-refractivity contribution < 1.29 is 4.74 Å². The molecule has 0 fully saturated rings. The van der Waals surface area contributed by atoms with Crippen LogP contribution in [0.25, 0.3) is 55.0 Å². The number of benzene rings is 7. The lowest BCUT2D eigenvalue weighted by Gasteiger charge is -2.38. The molecule has 0 saturated carbocycles. The molecule has 7 aromatic carbocycles. The van der Waals surface area contributed by atoms with E-state index in [1.165, 1.54) is 55.0 Å². The summed E-state index contributed by atoms with van der Waals surface area (Å²) in [6.45, 7) is 0. The van der Waals surface area contributed by atoms with Gasteiger partial charge in [0.1, 0.15) is 0 Å². The second-order valence-corrected chi connectivity index (χ2v) is 15.6. The monoisotopic (exact) mass is 760 g/mol. The van der Waals surface area contributed by atoms with Crippen LogP contribution < -0.4 is 14.5 Å². The minimum Gasteiger partial charge on any atom is -0.453 e. The number of hydrogen-bond acceptors (Lipinski definition) is 3. The second kappa shape index (κ2) is 13.6. The lowest BCUT2D eigenvalue weighted by molar-refractivity contribution is 0.470. The Bertz CT molecular complexity index is 3150. The van der Waals surface area contributed by atoms with Gasteiger partial charge in [0, 0.05) is 56.4 Å². The van der Waals surface area contributed by atoms with Crippen LogP contribution in [0.3, 0.4) is 0 Å². The normalized spacial score (nSPS) is 15.9. The summed E-state index contributed by atoms with van der Waals surface area (Å²) in [5, 5.41) is 5.04. The second-order valence-electron chi connectivity index (χ2n) is 15.6. The molecule has 0 spiro atoms. The van der Waals surface area contributed by atoms with Gasteiger partial charge in [-0.1, -0.05) is 109 Å². The highest BCUT2D eigenvalue weighted by Crippen LogP contribution is 2.49. The molecule has 1 atom stereocenters. The molecule has 1 unspecified atom stereocenters. The fourth-order valence-corrected chi connectivity index (χ4v) is 9.69. The molecule has 0 N–H and O–H groups in total. The third-order valence-corrected chi connectivity index (χ3v) is 12.3. The molecule has 3 heterocycles.